The van der Waals surface area contributed by atoms with Gasteiger partial charge in [0, 0.05) is 4.88 Å². The van der Waals surface area contributed by atoms with Crippen molar-refractivity contribution in [2.45, 2.75) is 32.0 Å². The molecule has 1 aliphatic rings. The molecule has 1 N–H and O–H groups in total. The molecule has 1 aromatic carbocycles. The maximum Gasteiger partial charge on any atom is 0.123 e. The Bertz CT molecular complexity index is 579. The third-order valence-corrected chi connectivity index (χ3v) is 4.64. The van der Waals surface area contributed by atoms with Crippen molar-refractivity contribution in [1.82, 2.24) is 0 Å². The van der Waals surface area contributed by atoms with Gasteiger partial charge in [-0.3, -0.25) is 0 Å². The Kier molecular flexibility index (Phi) is 3.78. The van der Waals surface area contributed by atoms with Crippen molar-refractivity contribution in [2.24, 2.45) is 0 Å². The Balaban J connectivity index is 1.79. The van der Waals surface area contributed by atoms with E-state index >= 15 is 0 Å². The Hall–Kier alpha value is -1.03. The van der Waals surface area contributed by atoms with Gasteiger partial charge < -0.3 is 9.84 Å². The summed E-state index contributed by atoms with van der Waals surface area (Å²) in [5.41, 5.74) is 2.18. The molecule has 4 heteroatoms. The molecule has 1 heterocycles. The summed E-state index contributed by atoms with van der Waals surface area (Å²) < 4.78 is 6.67. The van der Waals surface area contributed by atoms with Crippen LogP contribution in [0.3, 0.4) is 0 Å². The molecule has 2 nitrogen and oxygen atoms in total. The van der Waals surface area contributed by atoms with E-state index in [0.29, 0.717) is 6.61 Å². The van der Waals surface area contributed by atoms with Gasteiger partial charge in [-0.15, -0.1) is 11.3 Å². The highest BCUT2D eigenvalue weighted by atomic mass is 35.5. The van der Waals surface area contributed by atoms with Crippen LogP contribution in [0.25, 0.3) is 0 Å². The standard InChI is InChI=1S/C15H15ClO2S/c16-15-8-7-10(19-15)9-18-14-6-2-3-11-12(14)4-1-5-13(11)17/h2-3,6-8,13,17H,1,4-5,9H2. The fourth-order valence-corrected chi connectivity index (χ4v) is 3.50. The van der Waals surface area contributed by atoms with E-state index in [0.717, 1.165) is 45.4 Å². The highest BCUT2D eigenvalue weighted by Crippen LogP contribution is 2.35. The van der Waals surface area contributed by atoms with Crippen molar-refractivity contribution in [2.75, 3.05) is 0 Å². The molecule has 0 saturated carbocycles. The van der Waals surface area contributed by atoms with E-state index in [-0.39, 0.29) is 6.10 Å². The molecule has 1 aliphatic carbocycles. The number of hydrogen-bond acceptors (Lipinski definition) is 3. The highest BCUT2D eigenvalue weighted by molar-refractivity contribution is 7.16. The van der Waals surface area contributed by atoms with Crippen molar-refractivity contribution in [3.63, 3.8) is 0 Å². The smallest absolute Gasteiger partial charge is 0.123 e. The highest BCUT2D eigenvalue weighted by Gasteiger charge is 2.20. The molecule has 1 aromatic heterocycles. The van der Waals surface area contributed by atoms with Crippen molar-refractivity contribution in [1.29, 1.82) is 0 Å². The summed E-state index contributed by atoms with van der Waals surface area (Å²) in [7, 11) is 0. The largest absolute Gasteiger partial charge is 0.488 e. The minimum absolute atomic E-state index is 0.344. The lowest BCUT2D eigenvalue weighted by Gasteiger charge is -2.23. The van der Waals surface area contributed by atoms with Crippen LogP contribution in [0.15, 0.2) is 30.3 Å². The predicted octanol–water partition coefficient (Wildman–Crippen LogP) is 4.35. The first-order chi connectivity index (χ1) is 9.24. The second kappa shape index (κ2) is 5.53. The fourth-order valence-electron chi connectivity index (χ4n) is 2.50. The van der Waals surface area contributed by atoms with Crippen LogP contribution >= 0.6 is 22.9 Å². The minimum Gasteiger partial charge on any atom is -0.488 e. The first kappa shape index (κ1) is 13.0. The summed E-state index contributed by atoms with van der Waals surface area (Å²) in [4.78, 5) is 1.11. The van der Waals surface area contributed by atoms with Gasteiger partial charge in [-0.25, -0.2) is 0 Å². The van der Waals surface area contributed by atoms with Gasteiger partial charge in [-0.2, -0.15) is 0 Å². The summed E-state index contributed by atoms with van der Waals surface area (Å²) in [5, 5.41) is 10.0. The quantitative estimate of drug-likeness (QED) is 0.912. The molecule has 0 spiro atoms. The summed E-state index contributed by atoms with van der Waals surface area (Å²) in [6, 6.07) is 9.79. The van der Waals surface area contributed by atoms with Gasteiger partial charge in [0.25, 0.3) is 0 Å². The molecule has 2 aromatic rings. The average Bonchev–Trinajstić information content (AvgIpc) is 2.83. The van der Waals surface area contributed by atoms with E-state index in [1.165, 1.54) is 11.3 Å². The van der Waals surface area contributed by atoms with E-state index in [1.54, 1.807) is 0 Å². The summed E-state index contributed by atoms with van der Waals surface area (Å²) in [6.07, 6.45) is 2.49. The van der Waals surface area contributed by atoms with Crippen LogP contribution in [-0.4, -0.2) is 5.11 Å². The minimum atomic E-state index is -0.344. The number of aliphatic hydroxyl groups is 1. The molecule has 0 bridgehead atoms. The van der Waals surface area contributed by atoms with Crippen LogP contribution < -0.4 is 4.74 Å². The van der Waals surface area contributed by atoms with Gasteiger partial charge in [-0.05, 0) is 48.6 Å². The number of halogens is 1. The van der Waals surface area contributed by atoms with Crippen LogP contribution in [0, 0.1) is 0 Å². The lowest BCUT2D eigenvalue weighted by molar-refractivity contribution is 0.155. The maximum atomic E-state index is 10.0. The number of thiophene rings is 1. The number of benzene rings is 1. The Morgan fingerprint density at radius 1 is 1.32 bits per heavy atom. The molecule has 0 aliphatic heterocycles. The number of rotatable bonds is 3. The van der Waals surface area contributed by atoms with Crippen LogP contribution in [0.1, 0.15) is 34.9 Å². The van der Waals surface area contributed by atoms with Crippen LogP contribution in [0.4, 0.5) is 0 Å². The molecule has 1 atom stereocenters. The van der Waals surface area contributed by atoms with E-state index < -0.39 is 0 Å². The number of aliphatic hydroxyl groups excluding tert-OH is 1. The lowest BCUT2D eigenvalue weighted by atomic mass is 9.89. The van der Waals surface area contributed by atoms with E-state index in [4.69, 9.17) is 16.3 Å². The summed E-state index contributed by atoms with van der Waals surface area (Å²) in [5.74, 6) is 0.890. The molecule has 3 rings (SSSR count). The second-order valence-corrected chi connectivity index (χ2v) is 6.53. The summed E-state index contributed by atoms with van der Waals surface area (Å²) >= 11 is 7.44. The van der Waals surface area contributed by atoms with E-state index in [1.807, 2.05) is 30.3 Å². The molecular weight excluding hydrogens is 280 g/mol. The van der Waals surface area contributed by atoms with Crippen molar-refractivity contribution < 1.29 is 9.84 Å². The average molecular weight is 295 g/mol. The van der Waals surface area contributed by atoms with Gasteiger partial charge >= 0.3 is 0 Å². The molecule has 1 unspecified atom stereocenters. The third kappa shape index (κ3) is 2.78. The van der Waals surface area contributed by atoms with Crippen molar-refractivity contribution >= 4 is 22.9 Å². The normalized spacial score (nSPS) is 18.1. The summed E-state index contributed by atoms with van der Waals surface area (Å²) in [6.45, 7) is 0.532. The van der Waals surface area contributed by atoms with Crippen LogP contribution in [0.2, 0.25) is 4.34 Å². The van der Waals surface area contributed by atoms with Gasteiger partial charge in [0.15, 0.2) is 0 Å². The monoisotopic (exact) mass is 294 g/mol. The Morgan fingerprint density at radius 3 is 3.00 bits per heavy atom. The van der Waals surface area contributed by atoms with Gasteiger partial charge in [0.1, 0.15) is 12.4 Å². The molecule has 19 heavy (non-hydrogen) atoms. The Labute approximate surface area is 121 Å². The molecule has 0 saturated heterocycles. The molecule has 0 radical (unpaired) electrons. The van der Waals surface area contributed by atoms with Gasteiger partial charge in [0.2, 0.25) is 0 Å². The number of hydrogen-bond donors (Lipinski definition) is 1. The zero-order valence-corrected chi connectivity index (χ0v) is 12.0. The zero-order chi connectivity index (χ0) is 13.2. The Morgan fingerprint density at radius 2 is 2.21 bits per heavy atom. The lowest BCUT2D eigenvalue weighted by Crippen LogP contribution is -2.10. The van der Waals surface area contributed by atoms with E-state index in [2.05, 4.69) is 0 Å². The van der Waals surface area contributed by atoms with E-state index in [9.17, 15) is 5.11 Å². The molecule has 0 fully saturated rings. The first-order valence-electron chi connectivity index (χ1n) is 6.41. The fraction of sp³-hybridized carbons (Fsp3) is 0.333. The number of ether oxygens (including phenoxy) is 1. The van der Waals surface area contributed by atoms with Crippen molar-refractivity contribution in [3.8, 4) is 5.75 Å². The van der Waals surface area contributed by atoms with Crippen LogP contribution in [-0.2, 0) is 13.0 Å². The third-order valence-electron chi connectivity index (χ3n) is 3.43. The molecular formula is C15H15ClO2S. The van der Waals surface area contributed by atoms with Crippen LogP contribution in [0.5, 0.6) is 5.75 Å². The molecule has 0 amide bonds. The number of fused-ring (bicyclic) bond motifs is 1. The molecule has 100 valence electrons. The predicted molar refractivity (Wildman–Crippen MR) is 78.0 cm³/mol. The topological polar surface area (TPSA) is 29.5 Å². The maximum absolute atomic E-state index is 10.0. The first-order valence-corrected chi connectivity index (χ1v) is 7.60. The zero-order valence-electron chi connectivity index (χ0n) is 10.4. The SMILES string of the molecule is OC1CCCc2c(OCc3ccc(Cl)s3)cccc21. The van der Waals surface area contributed by atoms with Gasteiger partial charge in [0.05, 0.1) is 10.4 Å². The van der Waals surface area contributed by atoms with Gasteiger partial charge in [-0.1, -0.05) is 23.7 Å². The van der Waals surface area contributed by atoms with Crippen molar-refractivity contribution in [3.05, 3.63) is 50.7 Å². The second-order valence-electron chi connectivity index (χ2n) is 4.73.